The Morgan fingerprint density at radius 3 is 2.81 bits per heavy atom. The normalized spacial score (nSPS) is 10.9. The lowest BCUT2D eigenvalue weighted by Crippen LogP contribution is -2.20. The number of hydrogen-bond acceptors (Lipinski definition) is 3. The predicted octanol–water partition coefficient (Wildman–Crippen LogP) is 2.52. The van der Waals surface area contributed by atoms with Gasteiger partial charge in [0.05, 0.1) is 0 Å². The van der Waals surface area contributed by atoms with E-state index < -0.39 is 0 Å². The number of rotatable bonds is 4. The van der Waals surface area contributed by atoms with Gasteiger partial charge in [0.25, 0.3) is 5.56 Å². The van der Waals surface area contributed by atoms with Crippen molar-refractivity contribution in [3.8, 4) is 0 Å². The van der Waals surface area contributed by atoms with Crippen molar-refractivity contribution in [1.82, 2.24) is 15.3 Å². The second-order valence-corrected chi connectivity index (χ2v) is 5.12. The second-order valence-electron chi connectivity index (χ2n) is 5.12. The maximum Gasteiger partial charge on any atom is 0.252 e. The molecule has 0 bridgehead atoms. The molecule has 4 nitrogen and oxygen atoms in total. The highest BCUT2D eigenvalue weighted by atomic mass is 16.1. The van der Waals surface area contributed by atoms with Gasteiger partial charge in [-0.3, -0.25) is 9.78 Å². The van der Waals surface area contributed by atoms with Crippen molar-refractivity contribution in [3.05, 3.63) is 75.8 Å². The van der Waals surface area contributed by atoms with E-state index in [9.17, 15) is 4.79 Å². The molecule has 3 aromatic rings. The van der Waals surface area contributed by atoms with Crippen LogP contribution >= 0.6 is 0 Å². The Hall–Kier alpha value is -2.46. The van der Waals surface area contributed by atoms with Crippen LogP contribution in [-0.4, -0.2) is 9.97 Å². The molecular formula is C17H17N3O. The van der Waals surface area contributed by atoms with E-state index in [-0.39, 0.29) is 5.56 Å². The molecule has 0 atom stereocenters. The molecule has 4 heteroatoms. The van der Waals surface area contributed by atoms with Crippen LogP contribution in [0.2, 0.25) is 0 Å². The maximum atomic E-state index is 12.0. The van der Waals surface area contributed by atoms with Gasteiger partial charge in [-0.1, -0.05) is 24.3 Å². The molecule has 0 saturated carbocycles. The Morgan fingerprint density at radius 1 is 1.14 bits per heavy atom. The van der Waals surface area contributed by atoms with Crippen LogP contribution in [0.15, 0.2) is 53.5 Å². The van der Waals surface area contributed by atoms with Gasteiger partial charge in [-0.25, -0.2) is 0 Å². The first kappa shape index (κ1) is 13.5. The molecule has 2 aromatic heterocycles. The molecule has 0 saturated heterocycles. The quantitative estimate of drug-likeness (QED) is 0.771. The molecule has 1 aromatic carbocycles. The van der Waals surface area contributed by atoms with Gasteiger partial charge < -0.3 is 10.3 Å². The van der Waals surface area contributed by atoms with Gasteiger partial charge in [0.1, 0.15) is 0 Å². The summed E-state index contributed by atoms with van der Waals surface area (Å²) in [4.78, 5) is 19.2. The summed E-state index contributed by atoms with van der Waals surface area (Å²) in [7, 11) is 0. The number of aromatic nitrogens is 2. The van der Waals surface area contributed by atoms with Crippen LogP contribution in [0.1, 0.15) is 16.8 Å². The number of para-hydroxylation sites is 1. The third-order valence-corrected chi connectivity index (χ3v) is 3.45. The zero-order valence-electron chi connectivity index (χ0n) is 11.9. The molecule has 0 unspecified atom stereocenters. The number of nitrogens with zero attached hydrogens (tertiary/aromatic N) is 1. The zero-order valence-corrected chi connectivity index (χ0v) is 11.9. The number of H-pyrrole nitrogens is 1. The van der Waals surface area contributed by atoms with Gasteiger partial charge >= 0.3 is 0 Å². The number of hydrogen-bond donors (Lipinski definition) is 2. The number of fused-ring (bicyclic) bond motifs is 1. The van der Waals surface area contributed by atoms with Gasteiger partial charge in [-0.05, 0) is 36.1 Å². The summed E-state index contributed by atoms with van der Waals surface area (Å²) in [6.45, 7) is 3.19. The Bertz CT molecular complexity index is 806. The lowest BCUT2D eigenvalue weighted by Gasteiger charge is -2.06. The molecular weight excluding hydrogens is 262 g/mol. The predicted molar refractivity (Wildman–Crippen MR) is 84.1 cm³/mol. The van der Waals surface area contributed by atoms with Crippen molar-refractivity contribution in [2.45, 2.75) is 20.0 Å². The number of benzene rings is 1. The molecule has 0 aliphatic rings. The molecule has 21 heavy (non-hydrogen) atoms. The Morgan fingerprint density at radius 2 is 2.00 bits per heavy atom. The smallest absolute Gasteiger partial charge is 0.252 e. The monoisotopic (exact) mass is 279 g/mol. The molecule has 0 radical (unpaired) electrons. The number of pyridine rings is 2. The standard InChI is InChI=1S/C17H17N3O/c1-12-6-7-13(10-19-12)9-18-11-15-8-14-4-2-3-5-16(14)20-17(15)21/h2-8,10,18H,9,11H2,1H3,(H,20,21). The summed E-state index contributed by atoms with van der Waals surface area (Å²) in [6, 6.07) is 13.8. The molecule has 0 aliphatic carbocycles. The molecule has 0 amide bonds. The summed E-state index contributed by atoms with van der Waals surface area (Å²) < 4.78 is 0. The van der Waals surface area contributed by atoms with E-state index in [1.165, 1.54) is 0 Å². The van der Waals surface area contributed by atoms with Crippen LogP contribution in [-0.2, 0) is 13.1 Å². The molecule has 106 valence electrons. The summed E-state index contributed by atoms with van der Waals surface area (Å²) in [5.74, 6) is 0. The van der Waals surface area contributed by atoms with Gasteiger partial charge in [0.15, 0.2) is 0 Å². The zero-order chi connectivity index (χ0) is 14.7. The summed E-state index contributed by atoms with van der Waals surface area (Å²) in [6.07, 6.45) is 1.85. The highest BCUT2D eigenvalue weighted by molar-refractivity contribution is 5.78. The van der Waals surface area contributed by atoms with Crippen LogP contribution in [0.25, 0.3) is 10.9 Å². The topological polar surface area (TPSA) is 57.8 Å². The molecule has 2 N–H and O–H groups in total. The van der Waals surface area contributed by atoms with Gasteiger partial charge in [-0.2, -0.15) is 0 Å². The van der Waals surface area contributed by atoms with Gasteiger partial charge in [0, 0.05) is 36.1 Å². The van der Waals surface area contributed by atoms with Crippen molar-refractivity contribution < 1.29 is 0 Å². The minimum Gasteiger partial charge on any atom is -0.322 e. The molecule has 2 heterocycles. The highest BCUT2D eigenvalue weighted by Crippen LogP contribution is 2.10. The number of aryl methyl sites for hydroxylation is 1. The fourth-order valence-electron chi connectivity index (χ4n) is 2.27. The summed E-state index contributed by atoms with van der Waals surface area (Å²) in [5, 5.41) is 4.33. The minimum absolute atomic E-state index is 0.0387. The van der Waals surface area contributed by atoms with Gasteiger partial charge in [-0.15, -0.1) is 0 Å². The van der Waals surface area contributed by atoms with Crippen molar-refractivity contribution in [3.63, 3.8) is 0 Å². The van der Waals surface area contributed by atoms with Crippen LogP contribution in [0.5, 0.6) is 0 Å². The van der Waals surface area contributed by atoms with Crippen molar-refractivity contribution in [2.75, 3.05) is 0 Å². The maximum absolute atomic E-state index is 12.0. The Kier molecular flexibility index (Phi) is 3.79. The van der Waals surface area contributed by atoms with Crippen molar-refractivity contribution in [1.29, 1.82) is 0 Å². The fraction of sp³-hybridized carbons (Fsp3) is 0.176. The minimum atomic E-state index is -0.0387. The molecule has 3 rings (SSSR count). The van der Waals surface area contributed by atoms with E-state index in [0.717, 1.165) is 27.7 Å². The lowest BCUT2D eigenvalue weighted by atomic mass is 10.1. The van der Waals surface area contributed by atoms with Crippen molar-refractivity contribution in [2.24, 2.45) is 0 Å². The SMILES string of the molecule is Cc1ccc(CNCc2cc3ccccc3[nH]c2=O)cn1. The van der Waals surface area contributed by atoms with Crippen LogP contribution < -0.4 is 10.9 Å². The second kappa shape index (κ2) is 5.89. The van der Waals surface area contributed by atoms with Crippen LogP contribution in [0, 0.1) is 6.92 Å². The van der Waals surface area contributed by atoms with Gasteiger partial charge in [0.2, 0.25) is 0 Å². The van der Waals surface area contributed by atoms with E-state index in [2.05, 4.69) is 15.3 Å². The first-order chi connectivity index (χ1) is 10.2. The number of nitrogens with one attached hydrogen (secondary N) is 2. The summed E-state index contributed by atoms with van der Waals surface area (Å²) in [5.41, 5.74) is 3.69. The third kappa shape index (κ3) is 3.17. The molecule has 0 aliphatic heterocycles. The fourth-order valence-corrected chi connectivity index (χ4v) is 2.27. The van der Waals surface area contributed by atoms with Crippen molar-refractivity contribution >= 4 is 10.9 Å². The highest BCUT2D eigenvalue weighted by Gasteiger charge is 2.02. The third-order valence-electron chi connectivity index (χ3n) is 3.45. The lowest BCUT2D eigenvalue weighted by molar-refractivity contribution is 0.686. The largest absolute Gasteiger partial charge is 0.322 e. The summed E-state index contributed by atoms with van der Waals surface area (Å²) >= 11 is 0. The average Bonchev–Trinajstić information content (AvgIpc) is 2.50. The van der Waals surface area contributed by atoms with Crippen LogP contribution in [0.4, 0.5) is 0 Å². The van der Waals surface area contributed by atoms with Crippen LogP contribution in [0.3, 0.4) is 0 Å². The first-order valence-corrected chi connectivity index (χ1v) is 6.95. The van der Waals surface area contributed by atoms with E-state index in [0.29, 0.717) is 13.1 Å². The van der Waals surface area contributed by atoms with E-state index in [4.69, 9.17) is 0 Å². The van der Waals surface area contributed by atoms with E-state index in [1.807, 2.05) is 55.6 Å². The molecule has 0 fully saturated rings. The Balaban J connectivity index is 1.71. The first-order valence-electron chi connectivity index (χ1n) is 6.95. The Labute approximate surface area is 122 Å². The number of aromatic amines is 1. The molecule has 0 spiro atoms. The van der Waals surface area contributed by atoms with E-state index >= 15 is 0 Å². The average molecular weight is 279 g/mol. The van der Waals surface area contributed by atoms with E-state index in [1.54, 1.807) is 0 Å².